The summed E-state index contributed by atoms with van der Waals surface area (Å²) in [5.74, 6) is 0.461. The van der Waals surface area contributed by atoms with E-state index in [1.807, 2.05) is 42.5 Å². The Balaban J connectivity index is 1.56. The number of hydrogen-bond acceptors (Lipinski definition) is 3. The van der Waals surface area contributed by atoms with Crippen molar-refractivity contribution >= 4 is 29.3 Å². The SMILES string of the molecule is CC(C)(CNC(=O)CCN1C(=O)CSc2ccccc21)c1ccccc1. The van der Waals surface area contributed by atoms with Gasteiger partial charge in [-0.15, -0.1) is 11.8 Å². The third-order valence-corrected chi connectivity index (χ3v) is 5.70. The van der Waals surface area contributed by atoms with Crippen LogP contribution in [-0.4, -0.2) is 30.7 Å². The molecule has 1 N–H and O–H groups in total. The summed E-state index contributed by atoms with van der Waals surface area (Å²) in [6.45, 7) is 5.21. The molecule has 0 atom stereocenters. The van der Waals surface area contributed by atoms with Crippen molar-refractivity contribution in [2.24, 2.45) is 0 Å². The third kappa shape index (κ3) is 4.28. The normalized spacial score (nSPS) is 14.1. The van der Waals surface area contributed by atoms with Crippen LogP contribution in [0.3, 0.4) is 0 Å². The van der Waals surface area contributed by atoms with Crippen LogP contribution in [0.2, 0.25) is 0 Å². The molecule has 1 aliphatic heterocycles. The maximum Gasteiger partial charge on any atom is 0.237 e. The Morgan fingerprint density at radius 1 is 1.12 bits per heavy atom. The monoisotopic (exact) mass is 368 g/mol. The first-order valence-corrected chi connectivity index (χ1v) is 9.80. The molecule has 0 fully saturated rings. The molecule has 5 heteroatoms. The number of anilines is 1. The lowest BCUT2D eigenvalue weighted by atomic mass is 9.84. The van der Waals surface area contributed by atoms with Crippen LogP contribution in [0.5, 0.6) is 0 Å². The van der Waals surface area contributed by atoms with Crippen molar-refractivity contribution in [3.05, 3.63) is 60.2 Å². The predicted octanol–water partition coefficient (Wildman–Crippen LogP) is 3.61. The Bertz CT molecular complexity index is 790. The van der Waals surface area contributed by atoms with Crippen LogP contribution < -0.4 is 10.2 Å². The fourth-order valence-electron chi connectivity index (χ4n) is 3.01. The number of thioether (sulfide) groups is 1. The Morgan fingerprint density at radius 2 is 1.81 bits per heavy atom. The maximum absolute atomic E-state index is 12.3. The number of hydrogen-bond donors (Lipinski definition) is 1. The summed E-state index contributed by atoms with van der Waals surface area (Å²) in [5, 5.41) is 3.02. The summed E-state index contributed by atoms with van der Waals surface area (Å²) in [6, 6.07) is 18.0. The smallest absolute Gasteiger partial charge is 0.237 e. The van der Waals surface area contributed by atoms with Crippen LogP contribution in [0, 0.1) is 0 Å². The molecule has 0 radical (unpaired) electrons. The first kappa shape index (κ1) is 18.5. The Morgan fingerprint density at radius 3 is 2.58 bits per heavy atom. The van der Waals surface area contributed by atoms with E-state index in [2.05, 4.69) is 31.3 Å². The van der Waals surface area contributed by atoms with E-state index < -0.39 is 0 Å². The van der Waals surface area contributed by atoms with Gasteiger partial charge in [-0.3, -0.25) is 9.59 Å². The van der Waals surface area contributed by atoms with Crippen LogP contribution in [0.15, 0.2) is 59.5 Å². The number of carbonyl (C=O) groups excluding carboxylic acids is 2. The van der Waals surface area contributed by atoms with E-state index in [4.69, 9.17) is 0 Å². The van der Waals surface area contributed by atoms with Crippen molar-refractivity contribution in [3.8, 4) is 0 Å². The Kier molecular flexibility index (Phi) is 5.67. The Hall–Kier alpha value is -2.27. The minimum absolute atomic E-state index is 0.0301. The second kappa shape index (κ2) is 7.96. The number of para-hydroxylation sites is 1. The molecule has 3 rings (SSSR count). The van der Waals surface area contributed by atoms with Crippen molar-refractivity contribution in [3.63, 3.8) is 0 Å². The molecule has 0 aromatic heterocycles. The fourth-order valence-corrected chi connectivity index (χ4v) is 3.95. The van der Waals surface area contributed by atoms with Gasteiger partial charge in [0.1, 0.15) is 0 Å². The number of rotatable bonds is 6. The van der Waals surface area contributed by atoms with Crippen molar-refractivity contribution in [1.29, 1.82) is 0 Å². The lowest BCUT2D eigenvalue weighted by Gasteiger charge is -2.29. The van der Waals surface area contributed by atoms with Crippen molar-refractivity contribution in [1.82, 2.24) is 5.32 Å². The van der Waals surface area contributed by atoms with E-state index in [0.717, 1.165) is 10.6 Å². The van der Waals surface area contributed by atoms with Gasteiger partial charge < -0.3 is 10.2 Å². The molecule has 0 saturated carbocycles. The van der Waals surface area contributed by atoms with Crippen LogP contribution >= 0.6 is 11.8 Å². The van der Waals surface area contributed by atoms with Gasteiger partial charge in [0.05, 0.1) is 11.4 Å². The molecule has 4 nitrogen and oxygen atoms in total. The van der Waals surface area contributed by atoms with Gasteiger partial charge in [-0.25, -0.2) is 0 Å². The molecule has 0 unspecified atom stereocenters. The summed E-state index contributed by atoms with van der Waals surface area (Å²) in [7, 11) is 0. The average Bonchev–Trinajstić information content (AvgIpc) is 2.66. The van der Waals surface area contributed by atoms with Crippen molar-refractivity contribution in [2.75, 3.05) is 23.7 Å². The van der Waals surface area contributed by atoms with E-state index in [1.165, 1.54) is 5.56 Å². The van der Waals surface area contributed by atoms with Crippen molar-refractivity contribution < 1.29 is 9.59 Å². The number of benzene rings is 2. The van der Waals surface area contributed by atoms with E-state index in [0.29, 0.717) is 25.3 Å². The predicted molar refractivity (Wildman–Crippen MR) is 107 cm³/mol. The lowest BCUT2D eigenvalue weighted by molar-refractivity contribution is -0.121. The number of nitrogens with zero attached hydrogens (tertiary/aromatic N) is 1. The molecule has 0 bridgehead atoms. The van der Waals surface area contributed by atoms with Gasteiger partial charge in [0.25, 0.3) is 0 Å². The van der Waals surface area contributed by atoms with Crippen molar-refractivity contribution in [2.45, 2.75) is 30.6 Å². The largest absolute Gasteiger partial charge is 0.355 e. The highest BCUT2D eigenvalue weighted by molar-refractivity contribution is 8.00. The molecule has 0 saturated heterocycles. The van der Waals surface area contributed by atoms with E-state index >= 15 is 0 Å². The summed E-state index contributed by atoms with van der Waals surface area (Å²) in [5.41, 5.74) is 1.96. The first-order chi connectivity index (χ1) is 12.5. The van der Waals surface area contributed by atoms with Crippen LogP contribution in [-0.2, 0) is 15.0 Å². The zero-order valence-electron chi connectivity index (χ0n) is 15.2. The van der Waals surface area contributed by atoms with Gasteiger partial charge in [0, 0.05) is 29.8 Å². The summed E-state index contributed by atoms with van der Waals surface area (Å²) < 4.78 is 0. The summed E-state index contributed by atoms with van der Waals surface area (Å²) in [4.78, 5) is 27.4. The minimum Gasteiger partial charge on any atom is -0.355 e. The van der Waals surface area contributed by atoms with Crippen LogP contribution in [0.25, 0.3) is 0 Å². The summed E-state index contributed by atoms with van der Waals surface area (Å²) in [6.07, 6.45) is 0.301. The third-order valence-electron chi connectivity index (χ3n) is 4.65. The van der Waals surface area contributed by atoms with Gasteiger partial charge in [-0.05, 0) is 17.7 Å². The van der Waals surface area contributed by atoms with E-state index in [-0.39, 0.29) is 17.2 Å². The molecule has 136 valence electrons. The molecular weight excluding hydrogens is 344 g/mol. The molecule has 26 heavy (non-hydrogen) atoms. The lowest BCUT2D eigenvalue weighted by Crippen LogP contribution is -2.40. The highest BCUT2D eigenvalue weighted by Gasteiger charge is 2.25. The minimum atomic E-state index is -0.138. The second-order valence-corrected chi connectivity index (χ2v) is 8.10. The quantitative estimate of drug-likeness (QED) is 0.847. The molecule has 1 heterocycles. The van der Waals surface area contributed by atoms with Crippen LogP contribution in [0.4, 0.5) is 5.69 Å². The van der Waals surface area contributed by atoms with E-state index in [1.54, 1.807) is 16.7 Å². The molecule has 0 aliphatic carbocycles. The fraction of sp³-hybridized carbons (Fsp3) is 0.333. The highest BCUT2D eigenvalue weighted by atomic mass is 32.2. The number of nitrogens with one attached hydrogen (secondary N) is 1. The molecule has 1 aliphatic rings. The topological polar surface area (TPSA) is 49.4 Å². The summed E-state index contributed by atoms with van der Waals surface area (Å²) >= 11 is 1.55. The first-order valence-electron chi connectivity index (χ1n) is 8.82. The standard InChI is InChI=1S/C21H24N2O2S/c1-21(2,16-8-4-3-5-9-16)15-22-19(24)12-13-23-17-10-6-7-11-18(17)26-14-20(23)25/h3-11H,12-15H2,1-2H3,(H,22,24). The van der Waals surface area contributed by atoms with E-state index in [9.17, 15) is 9.59 Å². The second-order valence-electron chi connectivity index (χ2n) is 7.08. The molecule has 2 aromatic rings. The zero-order chi connectivity index (χ0) is 18.6. The van der Waals surface area contributed by atoms with Gasteiger partial charge in [-0.2, -0.15) is 0 Å². The zero-order valence-corrected chi connectivity index (χ0v) is 16.0. The average molecular weight is 369 g/mol. The molecule has 2 amide bonds. The van der Waals surface area contributed by atoms with Gasteiger partial charge in [0.2, 0.25) is 11.8 Å². The number of amides is 2. The number of carbonyl (C=O) groups is 2. The van der Waals surface area contributed by atoms with Gasteiger partial charge in [0.15, 0.2) is 0 Å². The van der Waals surface area contributed by atoms with Crippen LogP contribution in [0.1, 0.15) is 25.8 Å². The van der Waals surface area contributed by atoms with Gasteiger partial charge in [-0.1, -0.05) is 56.3 Å². The molecular formula is C21H24N2O2S. The molecule has 2 aromatic carbocycles. The maximum atomic E-state index is 12.3. The highest BCUT2D eigenvalue weighted by Crippen LogP contribution is 2.34. The van der Waals surface area contributed by atoms with Gasteiger partial charge >= 0.3 is 0 Å². The Labute approximate surface area is 159 Å². The number of fused-ring (bicyclic) bond motifs is 1. The molecule has 0 spiro atoms.